The largest absolute Gasteiger partial charge is 0.393 e. The van der Waals surface area contributed by atoms with E-state index in [0.29, 0.717) is 12.8 Å². The Morgan fingerprint density at radius 2 is 2.00 bits per heavy atom. The number of carbonyl (C=O) groups is 1. The van der Waals surface area contributed by atoms with Crippen molar-refractivity contribution in [3.05, 3.63) is 34.3 Å². The predicted octanol–water partition coefficient (Wildman–Crippen LogP) is 2.40. The third-order valence-electron chi connectivity index (χ3n) is 3.21. The summed E-state index contributed by atoms with van der Waals surface area (Å²) in [6.45, 7) is 1.97. The van der Waals surface area contributed by atoms with Crippen LogP contribution in [0.1, 0.15) is 31.4 Å². The van der Waals surface area contributed by atoms with E-state index in [4.69, 9.17) is 5.11 Å². The van der Waals surface area contributed by atoms with Crippen molar-refractivity contribution in [1.82, 2.24) is 5.32 Å². The summed E-state index contributed by atoms with van der Waals surface area (Å²) in [5, 5.41) is 12.1. The fourth-order valence-electron chi connectivity index (χ4n) is 1.97. The minimum atomic E-state index is -0.284. The van der Waals surface area contributed by atoms with E-state index >= 15 is 0 Å². The van der Waals surface area contributed by atoms with Gasteiger partial charge in [-0.3, -0.25) is 4.79 Å². The molecule has 0 bridgehead atoms. The third kappa shape index (κ3) is 3.07. The van der Waals surface area contributed by atoms with Crippen LogP contribution in [0.4, 0.5) is 0 Å². The van der Waals surface area contributed by atoms with E-state index in [-0.39, 0.29) is 24.0 Å². The van der Waals surface area contributed by atoms with Crippen LogP contribution in [0.2, 0.25) is 0 Å². The molecule has 2 N–H and O–H groups in total. The van der Waals surface area contributed by atoms with Crippen molar-refractivity contribution < 1.29 is 9.90 Å². The highest BCUT2D eigenvalue weighted by Crippen LogP contribution is 2.28. The molecular formula is C13H16BrNO2. The van der Waals surface area contributed by atoms with Crippen molar-refractivity contribution >= 4 is 21.8 Å². The summed E-state index contributed by atoms with van der Waals surface area (Å²) in [6.07, 6.45) is 0.909. The van der Waals surface area contributed by atoms with Crippen LogP contribution in [0.15, 0.2) is 28.7 Å². The smallest absolute Gasteiger partial charge is 0.223 e. The van der Waals surface area contributed by atoms with Gasteiger partial charge in [0.15, 0.2) is 0 Å². The van der Waals surface area contributed by atoms with Gasteiger partial charge >= 0.3 is 0 Å². The molecule has 1 aromatic rings. The maximum absolute atomic E-state index is 11.8. The van der Waals surface area contributed by atoms with E-state index in [1.54, 1.807) is 0 Å². The van der Waals surface area contributed by atoms with E-state index < -0.39 is 0 Å². The molecule has 0 radical (unpaired) electrons. The van der Waals surface area contributed by atoms with Crippen LogP contribution < -0.4 is 5.32 Å². The number of benzene rings is 1. The maximum Gasteiger partial charge on any atom is 0.223 e. The number of nitrogens with one attached hydrogen (secondary N) is 1. The molecule has 3 nitrogen and oxygen atoms in total. The quantitative estimate of drug-likeness (QED) is 0.900. The highest BCUT2D eigenvalue weighted by Gasteiger charge is 2.33. The van der Waals surface area contributed by atoms with Crippen molar-refractivity contribution in [2.45, 2.75) is 31.9 Å². The second kappa shape index (κ2) is 5.19. The zero-order valence-corrected chi connectivity index (χ0v) is 11.3. The summed E-state index contributed by atoms with van der Waals surface area (Å²) in [5.74, 6) is 0.0358. The Labute approximate surface area is 109 Å². The van der Waals surface area contributed by atoms with Crippen LogP contribution in [0.25, 0.3) is 0 Å². The summed E-state index contributed by atoms with van der Waals surface area (Å²) >= 11 is 3.38. The Balaban J connectivity index is 1.90. The van der Waals surface area contributed by atoms with Crippen molar-refractivity contribution in [2.75, 3.05) is 0 Å². The number of aliphatic hydroxyl groups excluding tert-OH is 1. The molecule has 0 aromatic heterocycles. The van der Waals surface area contributed by atoms with Gasteiger partial charge in [-0.1, -0.05) is 28.1 Å². The number of amides is 1. The highest BCUT2D eigenvalue weighted by atomic mass is 79.9. The second-order valence-corrected chi connectivity index (χ2v) is 5.52. The second-order valence-electron chi connectivity index (χ2n) is 4.60. The van der Waals surface area contributed by atoms with Gasteiger partial charge < -0.3 is 10.4 Å². The molecular weight excluding hydrogens is 282 g/mol. The Kier molecular flexibility index (Phi) is 3.84. The first-order valence-electron chi connectivity index (χ1n) is 5.80. The molecule has 1 fully saturated rings. The van der Waals surface area contributed by atoms with E-state index in [9.17, 15) is 4.79 Å². The third-order valence-corrected chi connectivity index (χ3v) is 3.74. The number of hydrogen-bond donors (Lipinski definition) is 2. The minimum Gasteiger partial charge on any atom is -0.393 e. The van der Waals surface area contributed by atoms with Gasteiger partial charge in [-0.15, -0.1) is 0 Å². The molecule has 2 rings (SSSR count). The summed E-state index contributed by atoms with van der Waals surface area (Å²) in [4.78, 5) is 11.8. The van der Waals surface area contributed by atoms with Gasteiger partial charge in [0.25, 0.3) is 0 Å². The first-order valence-corrected chi connectivity index (χ1v) is 6.59. The maximum atomic E-state index is 11.8. The summed E-state index contributed by atoms with van der Waals surface area (Å²) < 4.78 is 1.03. The first kappa shape index (κ1) is 12.6. The van der Waals surface area contributed by atoms with Crippen LogP contribution in [0.3, 0.4) is 0 Å². The molecule has 0 saturated heterocycles. The summed E-state index contributed by atoms with van der Waals surface area (Å²) in [7, 11) is 0. The lowest BCUT2D eigenvalue weighted by Crippen LogP contribution is -2.41. The van der Waals surface area contributed by atoms with Gasteiger partial charge in [-0.25, -0.2) is 0 Å². The van der Waals surface area contributed by atoms with Gasteiger partial charge in [0.05, 0.1) is 12.1 Å². The summed E-state index contributed by atoms with van der Waals surface area (Å²) in [5.41, 5.74) is 1.08. The zero-order chi connectivity index (χ0) is 12.4. The highest BCUT2D eigenvalue weighted by molar-refractivity contribution is 9.10. The molecule has 1 amide bonds. The molecule has 17 heavy (non-hydrogen) atoms. The monoisotopic (exact) mass is 297 g/mol. The van der Waals surface area contributed by atoms with Crippen LogP contribution in [0.5, 0.6) is 0 Å². The Morgan fingerprint density at radius 3 is 2.53 bits per heavy atom. The molecule has 92 valence electrons. The molecule has 1 aliphatic carbocycles. The van der Waals surface area contributed by atoms with Gasteiger partial charge in [0, 0.05) is 10.4 Å². The fraction of sp³-hybridized carbons (Fsp3) is 0.462. The van der Waals surface area contributed by atoms with Gasteiger partial charge in [-0.2, -0.15) is 0 Å². The Morgan fingerprint density at radius 1 is 1.41 bits per heavy atom. The SMILES string of the molecule is CC(NC(=O)C1CC(O)C1)c1ccc(Br)cc1. The molecule has 1 aliphatic rings. The molecule has 0 heterocycles. The van der Waals surface area contributed by atoms with Gasteiger partial charge in [0.2, 0.25) is 5.91 Å². The van der Waals surface area contributed by atoms with Crippen molar-refractivity contribution in [1.29, 1.82) is 0 Å². The van der Waals surface area contributed by atoms with E-state index in [2.05, 4.69) is 21.2 Å². The number of rotatable bonds is 3. The topological polar surface area (TPSA) is 49.3 Å². The first-order chi connectivity index (χ1) is 8.06. The van der Waals surface area contributed by atoms with Crippen molar-refractivity contribution in [2.24, 2.45) is 5.92 Å². The van der Waals surface area contributed by atoms with Gasteiger partial charge in [0.1, 0.15) is 0 Å². The molecule has 1 aromatic carbocycles. The molecule has 0 spiro atoms. The molecule has 1 saturated carbocycles. The zero-order valence-electron chi connectivity index (χ0n) is 9.69. The lowest BCUT2D eigenvalue weighted by Gasteiger charge is -2.31. The summed E-state index contributed by atoms with van der Waals surface area (Å²) in [6, 6.07) is 7.92. The molecule has 1 atom stereocenters. The fourth-order valence-corrected chi connectivity index (χ4v) is 2.23. The van der Waals surface area contributed by atoms with Crippen LogP contribution in [-0.4, -0.2) is 17.1 Å². The number of hydrogen-bond acceptors (Lipinski definition) is 2. The van der Waals surface area contributed by atoms with Crippen LogP contribution in [0, 0.1) is 5.92 Å². The van der Waals surface area contributed by atoms with Gasteiger partial charge in [-0.05, 0) is 37.5 Å². The minimum absolute atomic E-state index is 0.00772. The number of carbonyl (C=O) groups excluding carboxylic acids is 1. The lowest BCUT2D eigenvalue weighted by atomic mass is 9.81. The van der Waals surface area contributed by atoms with E-state index in [0.717, 1.165) is 10.0 Å². The van der Waals surface area contributed by atoms with Crippen molar-refractivity contribution in [3.63, 3.8) is 0 Å². The average Bonchev–Trinajstić information content (AvgIpc) is 2.25. The average molecular weight is 298 g/mol. The van der Waals surface area contributed by atoms with E-state index in [1.807, 2.05) is 31.2 Å². The van der Waals surface area contributed by atoms with Crippen LogP contribution >= 0.6 is 15.9 Å². The Bertz CT molecular complexity index is 398. The van der Waals surface area contributed by atoms with Crippen LogP contribution in [-0.2, 0) is 4.79 Å². The number of halogens is 1. The molecule has 1 unspecified atom stereocenters. The molecule has 4 heteroatoms. The predicted molar refractivity (Wildman–Crippen MR) is 69.4 cm³/mol. The van der Waals surface area contributed by atoms with E-state index in [1.165, 1.54) is 0 Å². The van der Waals surface area contributed by atoms with Crippen molar-refractivity contribution in [3.8, 4) is 0 Å². The normalized spacial score (nSPS) is 24.9. The standard InChI is InChI=1S/C13H16BrNO2/c1-8(9-2-4-11(14)5-3-9)15-13(17)10-6-12(16)7-10/h2-5,8,10,12,16H,6-7H2,1H3,(H,15,17). The number of aliphatic hydroxyl groups is 1. The Hall–Kier alpha value is -0.870. The molecule has 0 aliphatic heterocycles. The lowest BCUT2D eigenvalue weighted by molar-refractivity contribution is -0.132.